The van der Waals surface area contributed by atoms with Gasteiger partial charge in [-0.05, 0) is 48.9 Å². The van der Waals surface area contributed by atoms with Crippen molar-refractivity contribution >= 4 is 15.9 Å². The van der Waals surface area contributed by atoms with Crippen molar-refractivity contribution in [3.63, 3.8) is 0 Å². The lowest BCUT2D eigenvalue weighted by atomic mass is 10.2. The Morgan fingerprint density at radius 3 is 2.54 bits per heavy atom. The number of sulfonamides is 1. The number of carbonyl (C=O) groups excluding carboxylic acids is 1. The Hall–Kier alpha value is -2.45. The molecule has 6 nitrogen and oxygen atoms in total. The monoisotopic (exact) mass is 380 g/mol. The maximum absolute atomic E-state index is 12.9. The van der Waals surface area contributed by atoms with Gasteiger partial charge in [-0.15, -0.1) is 0 Å². The van der Waals surface area contributed by atoms with Crippen LogP contribution in [0.4, 0.5) is 4.39 Å². The predicted octanol–water partition coefficient (Wildman–Crippen LogP) is 1.95. The number of rotatable bonds is 8. The minimum absolute atomic E-state index is 0.0722. The zero-order valence-corrected chi connectivity index (χ0v) is 15.4. The van der Waals surface area contributed by atoms with E-state index in [0.717, 1.165) is 34.1 Å². The molecule has 0 radical (unpaired) electrons. The summed E-state index contributed by atoms with van der Waals surface area (Å²) in [5.41, 5.74) is 1.07. The molecular weight excluding hydrogens is 359 g/mol. The number of likely N-dealkylation sites (N-methyl/N-ethyl adjacent to an activating group) is 1. The van der Waals surface area contributed by atoms with Crippen molar-refractivity contribution in [1.29, 1.82) is 0 Å². The van der Waals surface area contributed by atoms with Gasteiger partial charge in [-0.25, -0.2) is 12.8 Å². The zero-order valence-electron chi connectivity index (χ0n) is 14.6. The van der Waals surface area contributed by atoms with E-state index in [1.54, 1.807) is 0 Å². The van der Waals surface area contributed by atoms with E-state index in [1.807, 2.05) is 31.2 Å². The van der Waals surface area contributed by atoms with Crippen LogP contribution in [0.5, 0.6) is 5.75 Å². The van der Waals surface area contributed by atoms with Crippen molar-refractivity contribution in [2.75, 3.05) is 26.7 Å². The Morgan fingerprint density at radius 1 is 1.19 bits per heavy atom. The van der Waals surface area contributed by atoms with E-state index in [4.69, 9.17) is 4.74 Å². The molecule has 0 aromatic heterocycles. The van der Waals surface area contributed by atoms with Crippen LogP contribution >= 0.6 is 0 Å². The molecule has 140 valence electrons. The number of hydrogen-bond donors (Lipinski definition) is 1. The van der Waals surface area contributed by atoms with Gasteiger partial charge in [0.05, 0.1) is 18.0 Å². The summed E-state index contributed by atoms with van der Waals surface area (Å²) in [6.45, 7) is 2.12. The highest BCUT2D eigenvalue weighted by Crippen LogP contribution is 2.14. The van der Waals surface area contributed by atoms with Crippen LogP contribution in [-0.4, -0.2) is 45.4 Å². The second-order valence-corrected chi connectivity index (χ2v) is 7.77. The van der Waals surface area contributed by atoms with Crippen molar-refractivity contribution in [2.45, 2.75) is 11.8 Å². The zero-order chi connectivity index (χ0) is 19.2. The molecule has 0 atom stereocenters. The van der Waals surface area contributed by atoms with Gasteiger partial charge in [0.1, 0.15) is 18.2 Å². The summed E-state index contributed by atoms with van der Waals surface area (Å²) in [5, 5.41) is 2.60. The second kappa shape index (κ2) is 8.77. The van der Waals surface area contributed by atoms with Gasteiger partial charge in [-0.1, -0.05) is 12.1 Å². The Kier molecular flexibility index (Phi) is 6.70. The molecule has 1 N–H and O–H groups in total. The van der Waals surface area contributed by atoms with E-state index >= 15 is 0 Å². The minimum atomic E-state index is -3.85. The van der Waals surface area contributed by atoms with Crippen LogP contribution in [0.2, 0.25) is 0 Å². The first kappa shape index (κ1) is 19.9. The molecule has 0 unspecified atom stereocenters. The lowest BCUT2D eigenvalue weighted by Gasteiger charge is -2.17. The van der Waals surface area contributed by atoms with Gasteiger partial charge >= 0.3 is 0 Å². The number of amides is 1. The highest BCUT2D eigenvalue weighted by atomic mass is 32.2. The molecule has 1 amide bonds. The van der Waals surface area contributed by atoms with Crippen LogP contribution < -0.4 is 10.1 Å². The van der Waals surface area contributed by atoms with Crippen molar-refractivity contribution in [3.8, 4) is 5.75 Å². The standard InChI is InChI=1S/C18H21FN2O4S/c1-14-4-3-5-16(12-14)25-11-10-20-18(22)13-21(2)26(23,24)17-8-6-15(19)7-9-17/h3-9,12H,10-11,13H2,1-2H3,(H,20,22). The van der Waals surface area contributed by atoms with Gasteiger partial charge in [0.25, 0.3) is 0 Å². The average molecular weight is 380 g/mol. The Morgan fingerprint density at radius 2 is 1.88 bits per heavy atom. The molecule has 8 heteroatoms. The summed E-state index contributed by atoms with van der Waals surface area (Å²) in [4.78, 5) is 11.8. The minimum Gasteiger partial charge on any atom is -0.492 e. The fourth-order valence-electron chi connectivity index (χ4n) is 2.19. The molecule has 0 fully saturated rings. The fraction of sp³-hybridized carbons (Fsp3) is 0.278. The van der Waals surface area contributed by atoms with Crippen molar-refractivity contribution in [3.05, 3.63) is 59.9 Å². The van der Waals surface area contributed by atoms with Crippen LogP contribution in [0.1, 0.15) is 5.56 Å². The first-order valence-corrected chi connectivity index (χ1v) is 9.41. The lowest BCUT2D eigenvalue weighted by molar-refractivity contribution is -0.121. The van der Waals surface area contributed by atoms with Crippen LogP contribution in [0.3, 0.4) is 0 Å². The number of halogens is 1. The quantitative estimate of drug-likeness (QED) is 0.711. The molecule has 2 rings (SSSR count). The first-order valence-electron chi connectivity index (χ1n) is 7.97. The number of ether oxygens (including phenoxy) is 1. The van der Waals surface area contributed by atoms with Crippen LogP contribution in [0.25, 0.3) is 0 Å². The largest absolute Gasteiger partial charge is 0.492 e. The highest BCUT2D eigenvalue weighted by Gasteiger charge is 2.22. The molecule has 0 heterocycles. The molecule has 2 aromatic rings. The Labute approximate surface area is 152 Å². The number of carbonyl (C=O) groups is 1. The Bertz CT molecular complexity index is 854. The molecule has 0 bridgehead atoms. The molecule has 26 heavy (non-hydrogen) atoms. The second-order valence-electron chi connectivity index (χ2n) is 5.73. The number of hydrogen-bond acceptors (Lipinski definition) is 4. The van der Waals surface area contributed by atoms with Gasteiger partial charge < -0.3 is 10.1 Å². The normalized spacial score (nSPS) is 11.4. The van der Waals surface area contributed by atoms with Gasteiger partial charge in [-0.3, -0.25) is 4.79 Å². The average Bonchev–Trinajstić information content (AvgIpc) is 2.59. The summed E-state index contributed by atoms with van der Waals surface area (Å²) >= 11 is 0. The first-order chi connectivity index (χ1) is 12.3. The van der Waals surface area contributed by atoms with Gasteiger partial charge in [0, 0.05) is 7.05 Å². The summed E-state index contributed by atoms with van der Waals surface area (Å²) in [6, 6.07) is 12.0. The van der Waals surface area contributed by atoms with Crippen molar-refractivity contribution in [1.82, 2.24) is 9.62 Å². The smallest absolute Gasteiger partial charge is 0.243 e. The predicted molar refractivity (Wildman–Crippen MR) is 95.9 cm³/mol. The topological polar surface area (TPSA) is 75.7 Å². The molecule has 2 aromatic carbocycles. The van der Waals surface area contributed by atoms with Crippen molar-refractivity contribution in [2.24, 2.45) is 0 Å². The maximum atomic E-state index is 12.9. The maximum Gasteiger partial charge on any atom is 0.243 e. The highest BCUT2D eigenvalue weighted by molar-refractivity contribution is 7.89. The summed E-state index contributed by atoms with van der Waals surface area (Å²) < 4.78 is 44.0. The number of nitrogens with one attached hydrogen (secondary N) is 1. The van der Waals surface area contributed by atoms with Gasteiger partial charge in [0.2, 0.25) is 15.9 Å². The van der Waals surface area contributed by atoms with E-state index in [-0.39, 0.29) is 24.6 Å². The molecule has 0 spiro atoms. The van der Waals surface area contributed by atoms with Gasteiger partial charge in [-0.2, -0.15) is 4.31 Å². The molecule has 0 saturated carbocycles. The number of nitrogens with zero attached hydrogens (tertiary/aromatic N) is 1. The fourth-order valence-corrected chi connectivity index (χ4v) is 3.32. The van der Waals surface area contributed by atoms with E-state index < -0.39 is 21.7 Å². The SMILES string of the molecule is Cc1cccc(OCCNC(=O)CN(C)S(=O)(=O)c2ccc(F)cc2)c1. The lowest BCUT2D eigenvalue weighted by Crippen LogP contribution is -2.39. The summed E-state index contributed by atoms with van der Waals surface area (Å²) in [6.07, 6.45) is 0. The van der Waals surface area contributed by atoms with Crippen LogP contribution in [-0.2, 0) is 14.8 Å². The molecule has 0 aliphatic carbocycles. The third-order valence-electron chi connectivity index (χ3n) is 3.57. The van der Waals surface area contributed by atoms with E-state index in [9.17, 15) is 17.6 Å². The van der Waals surface area contributed by atoms with E-state index in [0.29, 0.717) is 5.75 Å². The number of benzene rings is 2. The van der Waals surface area contributed by atoms with Crippen LogP contribution in [0, 0.1) is 12.7 Å². The third kappa shape index (κ3) is 5.53. The molecular formula is C18H21FN2O4S. The number of aryl methyl sites for hydroxylation is 1. The summed E-state index contributed by atoms with van der Waals surface area (Å²) in [7, 11) is -2.56. The Balaban J connectivity index is 1.80. The third-order valence-corrected chi connectivity index (χ3v) is 5.39. The molecule has 0 saturated heterocycles. The van der Waals surface area contributed by atoms with Crippen LogP contribution in [0.15, 0.2) is 53.4 Å². The molecule has 0 aliphatic rings. The van der Waals surface area contributed by atoms with E-state index in [2.05, 4.69) is 5.32 Å². The van der Waals surface area contributed by atoms with Crippen molar-refractivity contribution < 1.29 is 22.3 Å². The van der Waals surface area contributed by atoms with E-state index in [1.165, 1.54) is 7.05 Å². The summed E-state index contributed by atoms with van der Waals surface area (Å²) in [5.74, 6) is -0.278. The molecule has 0 aliphatic heterocycles. The van der Waals surface area contributed by atoms with Gasteiger partial charge in [0.15, 0.2) is 0 Å².